The average molecular weight is 526 g/mol. The molecule has 2 aromatic rings. The molecule has 0 N–H and O–H groups in total. The maximum Gasteiger partial charge on any atom is 0.305 e. The van der Waals surface area contributed by atoms with Crippen molar-refractivity contribution >= 4 is 40.5 Å². The highest BCUT2D eigenvalue weighted by atomic mass is 35.5. The number of carbonyl (C=O) groups excluding carboxylic acids is 1. The lowest BCUT2D eigenvalue weighted by molar-refractivity contribution is -0.140. The molecular weight excluding hydrogens is 482 g/mol. The molecule has 0 atom stereocenters. The van der Waals surface area contributed by atoms with E-state index in [1.165, 1.54) is 58.6 Å². The summed E-state index contributed by atoms with van der Waals surface area (Å²) in [6.45, 7) is 9.62. The highest BCUT2D eigenvalue weighted by molar-refractivity contribution is 8.00. The molecule has 2 rings (SSSR count). The normalized spacial score (nSPS) is 11.8. The molecule has 0 fully saturated rings. The number of imidazole rings is 1. The molecule has 0 amide bonds. The van der Waals surface area contributed by atoms with Gasteiger partial charge in [0.05, 0.1) is 7.11 Å². The van der Waals surface area contributed by atoms with Gasteiger partial charge in [-0.1, -0.05) is 52.4 Å². The van der Waals surface area contributed by atoms with Gasteiger partial charge in [0.25, 0.3) is 0 Å². The van der Waals surface area contributed by atoms with E-state index in [4.69, 9.17) is 11.6 Å². The average Bonchev–Trinajstić information content (AvgIpc) is 3.11. The fourth-order valence-corrected chi connectivity index (χ4v) is 5.36. The first-order valence-corrected chi connectivity index (χ1v) is 14.4. The first-order valence-electron chi connectivity index (χ1n) is 13.1. The van der Waals surface area contributed by atoms with E-state index in [0.29, 0.717) is 17.3 Å². The Labute approximate surface area is 220 Å². The highest BCUT2D eigenvalue weighted by Crippen LogP contribution is 2.30. The Bertz CT molecular complexity index is 905. The van der Waals surface area contributed by atoms with Crippen LogP contribution >= 0.6 is 23.4 Å². The summed E-state index contributed by atoms with van der Waals surface area (Å²) in [5.41, 5.74) is 1.73. The molecule has 0 aromatic carbocycles. The molecule has 7 nitrogen and oxygen atoms in total. The molecule has 2 aromatic heterocycles. The lowest BCUT2D eigenvalue weighted by Crippen LogP contribution is -2.20. The molecule has 0 aliphatic rings. The molecule has 198 valence electrons. The van der Waals surface area contributed by atoms with Gasteiger partial charge in [-0.15, -0.1) is 11.8 Å². The largest absolute Gasteiger partial charge is 0.469 e. The minimum absolute atomic E-state index is 0.0951. The van der Waals surface area contributed by atoms with Crippen molar-refractivity contribution in [1.82, 2.24) is 24.4 Å². The molecule has 2 heterocycles. The minimum atomic E-state index is -0.0951. The van der Waals surface area contributed by atoms with E-state index in [2.05, 4.69) is 50.1 Å². The SMILES string of the molecule is COC(=O)CCCCCCN(C)CCCCCCCCn1c(C)nc2nc(Cl)nc(SC(C)C)c21. The number of unbranched alkanes of at least 4 members (excludes halogenated alkanes) is 8. The molecule has 0 unspecified atom stereocenters. The maximum absolute atomic E-state index is 11.1. The van der Waals surface area contributed by atoms with E-state index in [1.807, 2.05) is 6.92 Å². The predicted octanol–water partition coefficient (Wildman–Crippen LogP) is 6.68. The van der Waals surface area contributed by atoms with Gasteiger partial charge in [-0.25, -0.2) is 9.97 Å². The summed E-state index contributed by atoms with van der Waals surface area (Å²) in [5.74, 6) is 0.885. The van der Waals surface area contributed by atoms with Crippen LogP contribution in [0.2, 0.25) is 5.28 Å². The number of ether oxygens (including phenoxy) is 1. The van der Waals surface area contributed by atoms with Gasteiger partial charge >= 0.3 is 5.97 Å². The molecule has 0 aliphatic carbocycles. The Morgan fingerprint density at radius 2 is 1.57 bits per heavy atom. The number of aromatic nitrogens is 4. The van der Waals surface area contributed by atoms with E-state index in [1.54, 1.807) is 11.8 Å². The van der Waals surface area contributed by atoms with E-state index in [0.717, 1.165) is 48.7 Å². The number of hydrogen-bond donors (Lipinski definition) is 0. The Hall–Kier alpha value is -1.38. The van der Waals surface area contributed by atoms with Crippen molar-refractivity contribution in [1.29, 1.82) is 0 Å². The van der Waals surface area contributed by atoms with Gasteiger partial charge in [-0.05, 0) is 64.3 Å². The van der Waals surface area contributed by atoms with Crippen molar-refractivity contribution in [2.24, 2.45) is 0 Å². The van der Waals surface area contributed by atoms with E-state index in [9.17, 15) is 4.79 Å². The van der Waals surface area contributed by atoms with Crippen molar-refractivity contribution in [2.75, 3.05) is 27.2 Å². The summed E-state index contributed by atoms with van der Waals surface area (Å²) in [4.78, 5) is 27.0. The number of rotatable bonds is 18. The van der Waals surface area contributed by atoms with E-state index < -0.39 is 0 Å². The standard InChI is InChI=1S/C26H44ClN5O2S/c1-20(2)35-25-23-24(29-26(27)30-25)28-21(3)32(23)19-15-10-7-6-9-13-17-31(4)18-14-11-8-12-16-22(33)34-5/h20H,6-19H2,1-5H3. The second-order valence-corrected chi connectivity index (χ2v) is 11.5. The minimum Gasteiger partial charge on any atom is -0.469 e. The van der Waals surface area contributed by atoms with Gasteiger partial charge in [0, 0.05) is 18.2 Å². The number of fused-ring (bicyclic) bond motifs is 1. The zero-order chi connectivity index (χ0) is 25.6. The van der Waals surface area contributed by atoms with Crippen LogP contribution in [0.15, 0.2) is 5.03 Å². The number of thioether (sulfide) groups is 1. The van der Waals surface area contributed by atoms with Gasteiger partial charge in [-0.2, -0.15) is 4.98 Å². The van der Waals surface area contributed by atoms with Crippen LogP contribution in [0.1, 0.15) is 90.3 Å². The van der Waals surface area contributed by atoms with Gasteiger partial charge in [0.1, 0.15) is 16.4 Å². The second-order valence-electron chi connectivity index (χ2n) is 9.61. The lowest BCUT2D eigenvalue weighted by Gasteiger charge is -2.16. The number of hydrogen-bond acceptors (Lipinski definition) is 7. The fraction of sp³-hybridized carbons (Fsp3) is 0.769. The molecule has 35 heavy (non-hydrogen) atoms. The number of aryl methyl sites for hydroxylation is 2. The molecule has 9 heteroatoms. The molecule has 0 bridgehead atoms. The summed E-state index contributed by atoms with van der Waals surface area (Å²) in [6.07, 6.45) is 12.5. The van der Waals surface area contributed by atoms with Crippen LogP contribution in [-0.4, -0.2) is 62.9 Å². The van der Waals surface area contributed by atoms with Crippen LogP contribution in [0.5, 0.6) is 0 Å². The number of methoxy groups -OCH3 is 1. The van der Waals surface area contributed by atoms with Crippen molar-refractivity contribution in [3.05, 3.63) is 11.1 Å². The fourth-order valence-electron chi connectivity index (χ4n) is 4.24. The summed E-state index contributed by atoms with van der Waals surface area (Å²) in [6, 6.07) is 0. The van der Waals surface area contributed by atoms with Crippen molar-refractivity contribution in [3.8, 4) is 0 Å². The highest BCUT2D eigenvalue weighted by Gasteiger charge is 2.17. The Balaban J connectivity index is 1.59. The molecule has 0 aliphatic heterocycles. The lowest BCUT2D eigenvalue weighted by atomic mass is 10.1. The van der Waals surface area contributed by atoms with Gasteiger partial charge < -0.3 is 14.2 Å². The van der Waals surface area contributed by atoms with Crippen LogP contribution in [0.3, 0.4) is 0 Å². The summed E-state index contributed by atoms with van der Waals surface area (Å²) in [5, 5.41) is 1.62. The zero-order valence-electron chi connectivity index (χ0n) is 22.3. The monoisotopic (exact) mass is 525 g/mol. The number of halogens is 1. The number of nitrogens with zero attached hydrogens (tertiary/aromatic N) is 5. The molecular formula is C26H44ClN5O2S. The zero-order valence-corrected chi connectivity index (χ0v) is 23.9. The molecule has 0 spiro atoms. The van der Waals surface area contributed by atoms with Crippen molar-refractivity contribution in [2.45, 2.75) is 108 Å². The Morgan fingerprint density at radius 3 is 2.20 bits per heavy atom. The maximum atomic E-state index is 11.1. The van der Waals surface area contributed by atoms with Crippen LogP contribution in [0, 0.1) is 6.92 Å². The molecule has 0 radical (unpaired) electrons. The van der Waals surface area contributed by atoms with Crippen LogP contribution < -0.4 is 0 Å². The summed E-state index contributed by atoms with van der Waals surface area (Å²) < 4.78 is 6.94. The summed E-state index contributed by atoms with van der Waals surface area (Å²) in [7, 11) is 3.67. The van der Waals surface area contributed by atoms with Crippen LogP contribution in [0.4, 0.5) is 0 Å². The first-order chi connectivity index (χ1) is 16.8. The molecule has 0 saturated carbocycles. The smallest absolute Gasteiger partial charge is 0.305 e. The topological polar surface area (TPSA) is 73.1 Å². The summed E-state index contributed by atoms with van der Waals surface area (Å²) >= 11 is 7.85. The Kier molecular flexibility index (Phi) is 14.0. The van der Waals surface area contributed by atoms with Gasteiger partial charge in [0.15, 0.2) is 5.65 Å². The predicted molar refractivity (Wildman–Crippen MR) is 146 cm³/mol. The van der Waals surface area contributed by atoms with E-state index in [-0.39, 0.29) is 11.3 Å². The van der Waals surface area contributed by atoms with Crippen molar-refractivity contribution < 1.29 is 9.53 Å². The number of carbonyl (C=O) groups is 1. The Morgan fingerprint density at radius 1 is 0.971 bits per heavy atom. The van der Waals surface area contributed by atoms with Crippen molar-refractivity contribution in [3.63, 3.8) is 0 Å². The second kappa shape index (κ2) is 16.4. The number of esters is 1. The third-order valence-electron chi connectivity index (χ3n) is 6.15. The third kappa shape index (κ3) is 11.0. The van der Waals surface area contributed by atoms with Gasteiger partial charge in [0.2, 0.25) is 5.28 Å². The first kappa shape index (κ1) is 29.8. The molecule has 0 saturated heterocycles. The van der Waals surface area contributed by atoms with Gasteiger partial charge in [-0.3, -0.25) is 4.79 Å². The van der Waals surface area contributed by atoms with Crippen LogP contribution in [-0.2, 0) is 16.1 Å². The van der Waals surface area contributed by atoms with E-state index >= 15 is 0 Å². The quantitative estimate of drug-likeness (QED) is 0.0705. The van der Waals surface area contributed by atoms with Crippen LogP contribution in [0.25, 0.3) is 11.2 Å². The third-order valence-corrected chi connectivity index (χ3v) is 7.30.